The van der Waals surface area contributed by atoms with E-state index in [-0.39, 0.29) is 6.04 Å². The van der Waals surface area contributed by atoms with E-state index in [2.05, 4.69) is 4.90 Å². The number of nitrogens with zero attached hydrogens (tertiary/aromatic N) is 1. The van der Waals surface area contributed by atoms with Crippen LogP contribution < -0.4 is 5.73 Å². The van der Waals surface area contributed by atoms with Crippen molar-refractivity contribution in [1.29, 1.82) is 0 Å². The maximum absolute atomic E-state index is 11.0. The predicted molar refractivity (Wildman–Crippen MR) is 66.8 cm³/mol. The van der Waals surface area contributed by atoms with Crippen LogP contribution in [0.15, 0.2) is 24.3 Å². The fraction of sp³-hybridized carbons (Fsp3) is 0.462. The minimum Gasteiger partial charge on any atom is -0.480 e. The molecule has 17 heavy (non-hydrogen) atoms. The molecule has 92 valence electrons. The molecule has 0 amide bonds. The number of nitrogens with two attached hydrogens (primary N) is 1. The van der Waals surface area contributed by atoms with Gasteiger partial charge in [-0.3, -0.25) is 9.69 Å². The van der Waals surface area contributed by atoms with E-state index >= 15 is 0 Å². The van der Waals surface area contributed by atoms with E-state index < -0.39 is 5.97 Å². The Balaban J connectivity index is 1.89. The number of anilines is 1. The topological polar surface area (TPSA) is 66.6 Å². The lowest BCUT2D eigenvalue weighted by atomic mass is 10.1. The lowest BCUT2D eigenvalue weighted by Crippen LogP contribution is -2.37. The predicted octanol–water partition coefficient (Wildman–Crippen LogP) is 1.36. The summed E-state index contributed by atoms with van der Waals surface area (Å²) in [5.41, 5.74) is 7.58. The highest BCUT2D eigenvalue weighted by Crippen LogP contribution is 2.18. The third-order valence-corrected chi connectivity index (χ3v) is 3.32. The lowest BCUT2D eigenvalue weighted by molar-refractivity contribution is -0.142. The molecule has 1 fully saturated rings. The first-order valence-electron chi connectivity index (χ1n) is 5.98. The standard InChI is InChI=1S/C13H18N2O2/c14-11-5-3-10(4-6-11)7-9-15-8-1-2-12(15)13(16)17/h3-6,12H,1-2,7-9,14H2,(H,16,17). The smallest absolute Gasteiger partial charge is 0.320 e. The summed E-state index contributed by atoms with van der Waals surface area (Å²) < 4.78 is 0. The molecule has 4 heteroatoms. The molecule has 1 atom stereocenters. The number of rotatable bonds is 4. The van der Waals surface area contributed by atoms with Gasteiger partial charge in [0.05, 0.1) is 0 Å². The molecule has 1 saturated heterocycles. The summed E-state index contributed by atoms with van der Waals surface area (Å²) in [5.74, 6) is -0.695. The van der Waals surface area contributed by atoms with Gasteiger partial charge in [-0.25, -0.2) is 0 Å². The maximum atomic E-state index is 11.0. The molecule has 0 aliphatic carbocycles. The molecule has 1 heterocycles. The van der Waals surface area contributed by atoms with Gasteiger partial charge >= 0.3 is 5.97 Å². The first-order valence-corrected chi connectivity index (χ1v) is 5.98. The fourth-order valence-electron chi connectivity index (χ4n) is 2.33. The van der Waals surface area contributed by atoms with Crippen LogP contribution >= 0.6 is 0 Å². The van der Waals surface area contributed by atoms with Crippen LogP contribution in [0, 0.1) is 0 Å². The summed E-state index contributed by atoms with van der Waals surface area (Å²) in [5, 5.41) is 9.06. The Labute approximate surface area is 101 Å². The molecule has 3 N–H and O–H groups in total. The lowest BCUT2D eigenvalue weighted by Gasteiger charge is -2.20. The summed E-state index contributed by atoms with van der Waals surface area (Å²) in [4.78, 5) is 13.1. The van der Waals surface area contributed by atoms with Gasteiger partial charge in [0, 0.05) is 12.2 Å². The zero-order valence-electron chi connectivity index (χ0n) is 9.80. The number of hydrogen-bond donors (Lipinski definition) is 2. The summed E-state index contributed by atoms with van der Waals surface area (Å²) in [7, 11) is 0. The third kappa shape index (κ3) is 2.97. The Hall–Kier alpha value is -1.55. The SMILES string of the molecule is Nc1ccc(CCN2CCCC2C(=O)O)cc1. The van der Waals surface area contributed by atoms with Crippen molar-refractivity contribution in [3.05, 3.63) is 29.8 Å². The van der Waals surface area contributed by atoms with Crippen LogP contribution in [0.3, 0.4) is 0 Å². The van der Waals surface area contributed by atoms with Crippen LogP contribution in [-0.2, 0) is 11.2 Å². The zero-order valence-corrected chi connectivity index (χ0v) is 9.80. The van der Waals surface area contributed by atoms with Gasteiger partial charge in [-0.2, -0.15) is 0 Å². The third-order valence-electron chi connectivity index (χ3n) is 3.32. The number of likely N-dealkylation sites (tertiary alicyclic amines) is 1. The molecule has 0 radical (unpaired) electrons. The Morgan fingerprint density at radius 2 is 2.12 bits per heavy atom. The molecule has 0 bridgehead atoms. The molecule has 2 rings (SSSR count). The fourth-order valence-corrected chi connectivity index (χ4v) is 2.33. The van der Waals surface area contributed by atoms with Gasteiger partial charge in [-0.05, 0) is 43.5 Å². The van der Waals surface area contributed by atoms with Crippen molar-refractivity contribution in [2.75, 3.05) is 18.8 Å². The molecule has 0 aromatic heterocycles. The van der Waals surface area contributed by atoms with Gasteiger partial charge in [0.15, 0.2) is 0 Å². The van der Waals surface area contributed by atoms with Gasteiger partial charge in [0.1, 0.15) is 6.04 Å². The first-order chi connectivity index (χ1) is 8.16. The number of carboxylic acid groups (broad SMARTS) is 1. The summed E-state index contributed by atoms with van der Waals surface area (Å²) in [6.07, 6.45) is 2.64. The van der Waals surface area contributed by atoms with E-state index in [1.165, 1.54) is 5.56 Å². The highest BCUT2D eigenvalue weighted by molar-refractivity contribution is 5.73. The Kier molecular flexibility index (Phi) is 3.64. The second kappa shape index (κ2) is 5.19. The largest absolute Gasteiger partial charge is 0.480 e. The average molecular weight is 234 g/mol. The Morgan fingerprint density at radius 3 is 2.76 bits per heavy atom. The summed E-state index contributed by atoms with van der Waals surface area (Å²) >= 11 is 0. The first kappa shape index (κ1) is 11.9. The second-order valence-corrected chi connectivity index (χ2v) is 4.52. The molecule has 1 aromatic rings. The van der Waals surface area contributed by atoms with Crippen LogP contribution in [0.25, 0.3) is 0 Å². The van der Waals surface area contributed by atoms with Crippen molar-refractivity contribution < 1.29 is 9.90 Å². The van der Waals surface area contributed by atoms with Crippen LogP contribution in [-0.4, -0.2) is 35.1 Å². The van der Waals surface area contributed by atoms with Crippen molar-refractivity contribution in [3.63, 3.8) is 0 Å². The zero-order chi connectivity index (χ0) is 12.3. The number of carbonyl (C=O) groups is 1. The molecule has 1 unspecified atom stereocenters. The van der Waals surface area contributed by atoms with Crippen molar-refractivity contribution in [1.82, 2.24) is 4.90 Å². The molecule has 1 aromatic carbocycles. The van der Waals surface area contributed by atoms with Gasteiger partial charge in [-0.15, -0.1) is 0 Å². The summed E-state index contributed by atoms with van der Waals surface area (Å²) in [6, 6.07) is 7.48. The van der Waals surface area contributed by atoms with Gasteiger partial charge in [0.25, 0.3) is 0 Å². The second-order valence-electron chi connectivity index (χ2n) is 4.52. The molecule has 1 aliphatic rings. The van der Waals surface area contributed by atoms with Gasteiger partial charge in [-0.1, -0.05) is 12.1 Å². The van der Waals surface area contributed by atoms with Gasteiger partial charge < -0.3 is 10.8 Å². The van der Waals surface area contributed by atoms with Crippen LogP contribution in [0.4, 0.5) is 5.69 Å². The van der Waals surface area contributed by atoms with E-state index in [0.29, 0.717) is 0 Å². The number of benzene rings is 1. The van der Waals surface area contributed by atoms with Gasteiger partial charge in [0.2, 0.25) is 0 Å². The van der Waals surface area contributed by atoms with Crippen molar-refractivity contribution in [3.8, 4) is 0 Å². The van der Waals surface area contributed by atoms with E-state index in [0.717, 1.165) is 38.0 Å². The molecule has 1 aliphatic heterocycles. The minimum atomic E-state index is -0.695. The normalized spacial score (nSPS) is 20.6. The van der Waals surface area contributed by atoms with E-state index in [1.54, 1.807) is 0 Å². The minimum absolute atomic E-state index is 0.288. The van der Waals surface area contributed by atoms with Crippen molar-refractivity contribution in [2.24, 2.45) is 0 Å². The van der Waals surface area contributed by atoms with Crippen LogP contribution in [0.5, 0.6) is 0 Å². The highest BCUT2D eigenvalue weighted by atomic mass is 16.4. The highest BCUT2D eigenvalue weighted by Gasteiger charge is 2.29. The van der Waals surface area contributed by atoms with Crippen LogP contribution in [0.2, 0.25) is 0 Å². The number of carboxylic acids is 1. The van der Waals surface area contributed by atoms with Crippen molar-refractivity contribution in [2.45, 2.75) is 25.3 Å². The maximum Gasteiger partial charge on any atom is 0.320 e. The Bertz CT molecular complexity index is 389. The van der Waals surface area contributed by atoms with Crippen LogP contribution in [0.1, 0.15) is 18.4 Å². The van der Waals surface area contributed by atoms with E-state index in [4.69, 9.17) is 10.8 Å². The average Bonchev–Trinajstić information content (AvgIpc) is 2.76. The monoisotopic (exact) mass is 234 g/mol. The van der Waals surface area contributed by atoms with E-state index in [9.17, 15) is 4.79 Å². The number of hydrogen-bond acceptors (Lipinski definition) is 3. The van der Waals surface area contributed by atoms with E-state index in [1.807, 2.05) is 24.3 Å². The quantitative estimate of drug-likeness (QED) is 0.772. The van der Waals surface area contributed by atoms with Crippen molar-refractivity contribution >= 4 is 11.7 Å². The molecular formula is C13H18N2O2. The number of nitrogen functional groups attached to an aromatic ring is 1. The summed E-state index contributed by atoms with van der Waals surface area (Å²) in [6.45, 7) is 1.70. The molecule has 0 spiro atoms. The number of aliphatic carboxylic acids is 1. The Morgan fingerprint density at radius 1 is 1.41 bits per heavy atom. The molecule has 0 saturated carbocycles. The molecule has 4 nitrogen and oxygen atoms in total. The molecular weight excluding hydrogens is 216 g/mol.